The van der Waals surface area contributed by atoms with E-state index in [0.29, 0.717) is 36.5 Å². The van der Waals surface area contributed by atoms with Crippen LogP contribution in [-0.4, -0.2) is 41.9 Å². The quantitative estimate of drug-likeness (QED) is 0.521. The largest absolute Gasteiger partial charge is 0.491 e. The van der Waals surface area contributed by atoms with Crippen molar-refractivity contribution in [2.45, 2.75) is 6.92 Å². The summed E-state index contributed by atoms with van der Waals surface area (Å²) in [6.45, 7) is 3.31. The zero-order valence-electron chi connectivity index (χ0n) is 12.0. The molecule has 1 heterocycles. The smallest absolute Gasteiger partial charge is 0.285 e. The summed E-state index contributed by atoms with van der Waals surface area (Å²) < 4.78 is 10.8. The van der Waals surface area contributed by atoms with Crippen LogP contribution in [-0.2, 0) is 4.74 Å². The molecule has 1 aliphatic rings. The lowest BCUT2D eigenvalue weighted by molar-refractivity contribution is -0.0377. The van der Waals surface area contributed by atoms with Crippen LogP contribution in [0.5, 0.6) is 5.75 Å². The molecule has 0 saturated heterocycles. The molecule has 0 aromatic heterocycles. The zero-order chi connectivity index (χ0) is 15.7. The molecule has 1 N–H and O–H groups in total. The van der Waals surface area contributed by atoms with Crippen molar-refractivity contribution in [1.82, 2.24) is 5.06 Å². The van der Waals surface area contributed by atoms with Gasteiger partial charge in [-0.2, -0.15) is 0 Å². The highest BCUT2D eigenvalue weighted by molar-refractivity contribution is 6.24. The van der Waals surface area contributed by atoms with E-state index in [-0.39, 0.29) is 10.6 Å². The molecule has 0 aliphatic carbocycles. The van der Waals surface area contributed by atoms with Crippen LogP contribution in [0.1, 0.15) is 27.6 Å². The summed E-state index contributed by atoms with van der Waals surface area (Å²) in [7, 11) is 0. The van der Waals surface area contributed by atoms with Crippen molar-refractivity contribution >= 4 is 22.6 Å². The van der Waals surface area contributed by atoms with Gasteiger partial charge in [-0.25, -0.2) is 0 Å². The van der Waals surface area contributed by atoms with Crippen LogP contribution in [0.3, 0.4) is 0 Å². The van der Waals surface area contributed by atoms with Crippen LogP contribution in [0.25, 0.3) is 10.8 Å². The molecule has 2 aromatic carbocycles. The van der Waals surface area contributed by atoms with E-state index in [9.17, 15) is 14.8 Å². The molecule has 6 nitrogen and oxygen atoms in total. The lowest BCUT2D eigenvalue weighted by atomic mass is 9.95. The highest BCUT2D eigenvalue weighted by Gasteiger charge is 2.32. The van der Waals surface area contributed by atoms with Gasteiger partial charge in [-0.3, -0.25) is 14.8 Å². The fraction of sp³-hybridized carbons (Fsp3) is 0.250. The minimum atomic E-state index is -0.746. The highest BCUT2D eigenvalue weighted by atomic mass is 16.5. The fourth-order valence-electron chi connectivity index (χ4n) is 2.51. The molecule has 1 aliphatic heterocycles. The van der Waals surface area contributed by atoms with Gasteiger partial charge in [0.1, 0.15) is 12.4 Å². The number of carbonyl (C=O) groups excluding carboxylic acids is 2. The Morgan fingerprint density at radius 3 is 2.64 bits per heavy atom. The lowest BCUT2D eigenvalue weighted by Gasteiger charge is -2.22. The third-order valence-electron chi connectivity index (χ3n) is 3.50. The number of amides is 2. The summed E-state index contributed by atoms with van der Waals surface area (Å²) in [4.78, 5) is 24.1. The highest BCUT2D eigenvalue weighted by Crippen LogP contribution is 2.32. The maximum absolute atomic E-state index is 12.1. The van der Waals surface area contributed by atoms with Crippen molar-refractivity contribution in [3.8, 4) is 5.75 Å². The van der Waals surface area contributed by atoms with Gasteiger partial charge in [-0.05, 0) is 30.5 Å². The molecule has 0 radical (unpaired) electrons. The Hall–Kier alpha value is -2.44. The molecular formula is C16H15NO5. The number of hydrogen-bond acceptors (Lipinski definition) is 5. The predicted molar refractivity (Wildman–Crippen MR) is 78.2 cm³/mol. The Morgan fingerprint density at radius 2 is 1.86 bits per heavy atom. The molecule has 0 unspecified atom stereocenters. The van der Waals surface area contributed by atoms with Gasteiger partial charge >= 0.3 is 0 Å². The first-order valence-electron chi connectivity index (χ1n) is 6.98. The van der Waals surface area contributed by atoms with Crippen LogP contribution < -0.4 is 4.74 Å². The van der Waals surface area contributed by atoms with Gasteiger partial charge in [0.25, 0.3) is 11.8 Å². The predicted octanol–water partition coefficient (Wildman–Crippen LogP) is 2.24. The second-order valence-electron chi connectivity index (χ2n) is 4.84. The normalized spacial score (nSPS) is 13.8. The van der Waals surface area contributed by atoms with E-state index in [4.69, 9.17) is 9.47 Å². The first kappa shape index (κ1) is 14.5. The SMILES string of the molecule is CCOCCOc1cc2c3c(cccc3c1)C(=O)N(O)C2=O. The molecular weight excluding hydrogens is 286 g/mol. The zero-order valence-corrected chi connectivity index (χ0v) is 12.0. The van der Waals surface area contributed by atoms with E-state index >= 15 is 0 Å². The van der Waals surface area contributed by atoms with Gasteiger partial charge < -0.3 is 9.47 Å². The van der Waals surface area contributed by atoms with Crippen molar-refractivity contribution in [2.75, 3.05) is 19.8 Å². The first-order chi connectivity index (χ1) is 10.6. The Balaban J connectivity index is 2.04. The molecule has 0 atom stereocenters. The molecule has 2 aromatic rings. The fourth-order valence-corrected chi connectivity index (χ4v) is 2.51. The van der Waals surface area contributed by atoms with Gasteiger partial charge in [0, 0.05) is 12.0 Å². The molecule has 22 heavy (non-hydrogen) atoms. The molecule has 6 heteroatoms. The van der Waals surface area contributed by atoms with Crippen molar-refractivity contribution in [3.63, 3.8) is 0 Å². The van der Waals surface area contributed by atoms with E-state index in [1.165, 1.54) is 6.07 Å². The summed E-state index contributed by atoms with van der Waals surface area (Å²) in [5.41, 5.74) is 0.553. The Morgan fingerprint density at radius 1 is 1.09 bits per heavy atom. The van der Waals surface area contributed by atoms with E-state index in [1.807, 2.05) is 6.92 Å². The summed E-state index contributed by atoms with van der Waals surface area (Å²) in [6.07, 6.45) is 0. The molecule has 0 bridgehead atoms. The average Bonchev–Trinajstić information content (AvgIpc) is 2.54. The van der Waals surface area contributed by atoms with Crippen LogP contribution in [0, 0.1) is 0 Å². The Kier molecular flexibility index (Phi) is 3.79. The van der Waals surface area contributed by atoms with Crippen LogP contribution in [0.15, 0.2) is 30.3 Å². The molecule has 0 spiro atoms. The standard InChI is InChI=1S/C16H15NO5/c1-2-21-6-7-22-11-8-10-4-3-5-12-14(10)13(9-11)16(19)17(20)15(12)18/h3-5,8-9,20H,2,6-7H2,1H3. The number of benzene rings is 2. The van der Waals surface area contributed by atoms with Gasteiger partial charge in [0.05, 0.1) is 17.7 Å². The van der Waals surface area contributed by atoms with Gasteiger partial charge in [0.2, 0.25) is 0 Å². The summed E-state index contributed by atoms with van der Waals surface area (Å²) >= 11 is 0. The minimum Gasteiger partial charge on any atom is -0.491 e. The van der Waals surface area contributed by atoms with E-state index in [1.54, 1.807) is 24.3 Å². The van der Waals surface area contributed by atoms with Crippen molar-refractivity contribution in [3.05, 3.63) is 41.5 Å². The second kappa shape index (κ2) is 5.75. The summed E-state index contributed by atoms with van der Waals surface area (Å²) in [5, 5.41) is 11.1. The van der Waals surface area contributed by atoms with Crippen LogP contribution >= 0.6 is 0 Å². The van der Waals surface area contributed by atoms with E-state index in [0.717, 1.165) is 5.39 Å². The van der Waals surface area contributed by atoms with Crippen molar-refractivity contribution in [1.29, 1.82) is 0 Å². The molecule has 114 valence electrons. The molecule has 3 rings (SSSR count). The number of nitrogens with zero attached hydrogens (tertiary/aromatic N) is 1. The summed E-state index contributed by atoms with van der Waals surface area (Å²) in [6, 6.07) is 8.38. The van der Waals surface area contributed by atoms with E-state index in [2.05, 4.69) is 0 Å². The number of hydrogen-bond donors (Lipinski definition) is 1. The number of rotatable bonds is 5. The minimum absolute atomic E-state index is 0.140. The average molecular weight is 301 g/mol. The monoisotopic (exact) mass is 301 g/mol. The lowest BCUT2D eigenvalue weighted by Crippen LogP contribution is -2.37. The third kappa shape index (κ3) is 2.32. The van der Waals surface area contributed by atoms with Gasteiger partial charge in [-0.15, -0.1) is 5.06 Å². The Labute approximate surface area is 126 Å². The summed E-state index contributed by atoms with van der Waals surface area (Å²) in [5.74, 6) is -0.965. The third-order valence-corrected chi connectivity index (χ3v) is 3.50. The Bertz CT molecular complexity index is 756. The van der Waals surface area contributed by atoms with Crippen molar-refractivity contribution < 1.29 is 24.3 Å². The second-order valence-corrected chi connectivity index (χ2v) is 4.84. The number of ether oxygens (including phenoxy) is 2. The number of carbonyl (C=O) groups is 2. The maximum Gasteiger partial charge on any atom is 0.285 e. The first-order valence-corrected chi connectivity index (χ1v) is 6.98. The van der Waals surface area contributed by atoms with Crippen LogP contribution in [0.4, 0.5) is 0 Å². The maximum atomic E-state index is 12.1. The van der Waals surface area contributed by atoms with E-state index < -0.39 is 11.8 Å². The number of imide groups is 1. The van der Waals surface area contributed by atoms with Crippen LogP contribution in [0.2, 0.25) is 0 Å². The van der Waals surface area contributed by atoms with Gasteiger partial charge in [0.15, 0.2) is 0 Å². The van der Waals surface area contributed by atoms with Gasteiger partial charge in [-0.1, -0.05) is 12.1 Å². The molecule has 2 amide bonds. The molecule has 0 fully saturated rings. The van der Waals surface area contributed by atoms with Crippen molar-refractivity contribution in [2.24, 2.45) is 0 Å². The topological polar surface area (TPSA) is 76.1 Å². The number of hydroxylamine groups is 2. The molecule has 0 saturated carbocycles.